The average molecular weight is 406 g/mol. The highest BCUT2D eigenvalue weighted by molar-refractivity contribution is 7.85. The van der Waals surface area contributed by atoms with Crippen molar-refractivity contribution in [2.75, 3.05) is 12.9 Å². The minimum Gasteiger partial charge on any atom is -0.497 e. The minimum absolute atomic E-state index is 0.0122. The van der Waals surface area contributed by atoms with Gasteiger partial charge in [-0.15, -0.1) is 0 Å². The molecule has 1 fully saturated rings. The molecule has 1 aliphatic rings. The van der Waals surface area contributed by atoms with Gasteiger partial charge in [0.15, 0.2) is 17.4 Å². The van der Waals surface area contributed by atoms with E-state index in [-0.39, 0.29) is 16.9 Å². The number of nitrogens with zero attached hydrogens (tertiary/aromatic N) is 3. The SMILES string of the molecule is COc1ccc(S(=O)C[C@H]2O[C@@H](n3cnc4c(=O)[nH]cnc43)[C@H](O)[C@@H]2O)cc1. The fraction of sp³-hybridized carbons (Fsp3) is 0.353. The van der Waals surface area contributed by atoms with Crippen molar-refractivity contribution >= 4 is 22.0 Å². The van der Waals surface area contributed by atoms with Crippen LogP contribution in [0.1, 0.15) is 6.23 Å². The van der Waals surface area contributed by atoms with E-state index in [1.165, 1.54) is 17.2 Å². The van der Waals surface area contributed by atoms with Gasteiger partial charge >= 0.3 is 0 Å². The topological polar surface area (TPSA) is 140 Å². The molecule has 0 radical (unpaired) electrons. The molecule has 3 heterocycles. The van der Waals surface area contributed by atoms with Gasteiger partial charge in [0.05, 0.1) is 36.3 Å². The number of hydrogen-bond acceptors (Lipinski definition) is 8. The van der Waals surface area contributed by atoms with E-state index in [1.807, 2.05) is 0 Å². The molecule has 0 spiro atoms. The first-order valence-electron chi connectivity index (χ1n) is 8.44. The summed E-state index contributed by atoms with van der Waals surface area (Å²) < 4.78 is 24.9. The van der Waals surface area contributed by atoms with Gasteiger partial charge in [-0.3, -0.25) is 13.6 Å². The summed E-state index contributed by atoms with van der Waals surface area (Å²) in [6.45, 7) is 0. The molecule has 148 valence electrons. The molecular weight excluding hydrogens is 388 g/mol. The van der Waals surface area contributed by atoms with Crippen LogP contribution in [0.2, 0.25) is 0 Å². The number of ether oxygens (including phenoxy) is 2. The summed E-state index contributed by atoms with van der Waals surface area (Å²) in [6, 6.07) is 6.73. The molecule has 11 heteroatoms. The summed E-state index contributed by atoms with van der Waals surface area (Å²) in [5.74, 6) is 0.629. The van der Waals surface area contributed by atoms with E-state index >= 15 is 0 Å². The number of aliphatic hydroxyl groups excluding tert-OH is 2. The van der Waals surface area contributed by atoms with Crippen molar-refractivity contribution in [3.05, 3.63) is 47.3 Å². The molecule has 1 saturated heterocycles. The summed E-state index contributed by atoms with van der Waals surface area (Å²) >= 11 is 0. The highest BCUT2D eigenvalue weighted by Crippen LogP contribution is 2.32. The number of hydrogen-bond donors (Lipinski definition) is 3. The van der Waals surface area contributed by atoms with Crippen LogP contribution in [0.3, 0.4) is 0 Å². The van der Waals surface area contributed by atoms with Crippen LogP contribution in [0, 0.1) is 0 Å². The second-order valence-electron chi connectivity index (χ2n) is 6.29. The third kappa shape index (κ3) is 3.22. The lowest BCUT2D eigenvalue weighted by atomic mass is 10.1. The Labute approximate surface area is 161 Å². The summed E-state index contributed by atoms with van der Waals surface area (Å²) in [6.07, 6.45) is -1.90. The number of fused-ring (bicyclic) bond motifs is 1. The quantitative estimate of drug-likeness (QED) is 0.518. The number of nitrogens with one attached hydrogen (secondary N) is 1. The molecule has 0 bridgehead atoms. The highest BCUT2D eigenvalue weighted by atomic mass is 32.2. The van der Waals surface area contributed by atoms with Gasteiger partial charge in [0, 0.05) is 4.90 Å². The van der Waals surface area contributed by atoms with E-state index in [0.29, 0.717) is 10.6 Å². The lowest BCUT2D eigenvalue weighted by molar-refractivity contribution is -0.0290. The number of benzene rings is 1. The Kier molecular flexibility index (Phi) is 4.98. The van der Waals surface area contributed by atoms with Gasteiger partial charge in [0.1, 0.15) is 24.1 Å². The number of rotatable bonds is 5. The van der Waals surface area contributed by atoms with Crippen molar-refractivity contribution in [1.82, 2.24) is 19.5 Å². The first-order valence-corrected chi connectivity index (χ1v) is 9.75. The van der Waals surface area contributed by atoms with Crippen molar-refractivity contribution < 1.29 is 23.9 Å². The molecule has 5 atom stereocenters. The van der Waals surface area contributed by atoms with Crippen LogP contribution in [0.15, 0.2) is 46.6 Å². The smallest absolute Gasteiger partial charge is 0.278 e. The van der Waals surface area contributed by atoms with Crippen LogP contribution < -0.4 is 10.3 Å². The molecule has 0 amide bonds. The molecule has 1 aromatic carbocycles. The van der Waals surface area contributed by atoms with Crippen molar-refractivity contribution in [3.8, 4) is 5.75 Å². The normalized spacial score (nSPS) is 25.8. The van der Waals surface area contributed by atoms with E-state index in [0.717, 1.165) is 0 Å². The largest absolute Gasteiger partial charge is 0.497 e. The predicted octanol–water partition coefficient (Wildman–Crippen LogP) is -0.445. The summed E-state index contributed by atoms with van der Waals surface area (Å²) in [5.41, 5.74) is -0.107. The van der Waals surface area contributed by atoms with Crippen LogP contribution in [0.5, 0.6) is 5.75 Å². The van der Waals surface area contributed by atoms with E-state index in [2.05, 4.69) is 15.0 Å². The molecule has 0 aliphatic carbocycles. The molecule has 1 aliphatic heterocycles. The molecule has 3 N–H and O–H groups in total. The monoisotopic (exact) mass is 406 g/mol. The van der Waals surface area contributed by atoms with Gasteiger partial charge in [-0.2, -0.15) is 0 Å². The number of methoxy groups -OCH3 is 1. The third-order valence-electron chi connectivity index (χ3n) is 4.61. The molecule has 4 rings (SSSR count). The van der Waals surface area contributed by atoms with Crippen LogP contribution in [-0.4, -0.2) is 65.1 Å². The third-order valence-corrected chi connectivity index (χ3v) is 6.04. The average Bonchev–Trinajstić information content (AvgIpc) is 3.25. The molecule has 3 aromatic rings. The summed E-state index contributed by atoms with van der Waals surface area (Å²) in [7, 11) is 0.0816. The van der Waals surface area contributed by atoms with E-state index < -0.39 is 40.9 Å². The van der Waals surface area contributed by atoms with Crippen LogP contribution in [-0.2, 0) is 15.5 Å². The van der Waals surface area contributed by atoms with Crippen molar-refractivity contribution in [2.45, 2.75) is 29.4 Å². The lowest BCUT2D eigenvalue weighted by Gasteiger charge is -2.16. The molecule has 10 nitrogen and oxygen atoms in total. The van der Waals surface area contributed by atoms with Crippen molar-refractivity contribution in [3.63, 3.8) is 0 Å². The van der Waals surface area contributed by atoms with Crippen LogP contribution in [0.25, 0.3) is 11.2 Å². The van der Waals surface area contributed by atoms with Crippen LogP contribution >= 0.6 is 0 Å². The second kappa shape index (κ2) is 7.43. The highest BCUT2D eigenvalue weighted by Gasteiger charge is 2.45. The van der Waals surface area contributed by atoms with E-state index in [4.69, 9.17) is 9.47 Å². The van der Waals surface area contributed by atoms with Gasteiger partial charge in [-0.25, -0.2) is 9.97 Å². The minimum atomic E-state index is -1.46. The first kappa shape index (κ1) is 18.7. The Morgan fingerprint density at radius 3 is 2.71 bits per heavy atom. The fourth-order valence-corrected chi connectivity index (χ4v) is 4.33. The lowest BCUT2D eigenvalue weighted by Crippen LogP contribution is -2.34. The zero-order valence-electron chi connectivity index (χ0n) is 14.8. The fourth-order valence-electron chi connectivity index (χ4n) is 3.12. The van der Waals surface area contributed by atoms with Gasteiger partial charge in [-0.1, -0.05) is 0 Å². The first-order chi connectivity index (χ1) is 13.5. The molecular formula is C17H18N4O6S. The zero-order chi connectivity index (χ0) is 19.8. The Bertz CT molecular complexity index is 1070. The van der Waals surface area contributed by atoms with Gasteiger partial charge in [0.25, 0.3) is 5.56 Å². The Morgan fingerprint density at radius 1 is 1.25 bits per heavy atom. The Morgan fingerprint density at radius 2 is 2.00 bits per heavy atom. The van der Waals surface area contributed by atoms with Gasteiger partial charge in [-0.05, 0) is 24.3 Å². The van der Waals surface area contributed by atoms with E-state index in [1.54, 1.807) is 31.4 Å². The van der Waals surface area contributed by atoms with Crippen molar-refractivity contribution in [2.24, 2.45) is 0 Å². The number of aliphatic hydroxyl groups is 2. The number of H-pyrrole nitrogens is 1. The number of aromatic nitrogens is 4. The summed E-state index contributed by atoms with van der Waals surface area (Å²) in [5, 5.41) is 20.8. The maximum absolute atomic E-state index is 12.6. The Balaban J connectivity index is 1.54. The molecule has 2 aromatic heterocycles. The predicted molar refractivity (Wildman–Crippen MR) is 98.3 cm³/mol. The Hall–Kier alpha value is -2.60. The molecule has 1 unspecified atom stereocenters. The van der Waals surface area contributed by atoms with Gasteiger partial charge < -0.3 is 24.7 Å². The molecule has 0 saturated carbocycles. The zero-order valence-corrected chi connectivity index (χ0v) is 15.6. The standard InChI is InChI=1S/C17H18N4O6S/c1-26-9-2-4-10(5-3-9)28(25)6-11-13(22)14(23)17(27-11)21-8-20-12-15(21)18-7-19-16(12)24/h2-5,7-8,11,13-14,17,22-23H,6H2,1H3,(H,18,19,24)/t11-,13-,14-,17-,28?/m1/s1. The second-order valence-corrected chi connectivity index (χ2v) is 7.79. The van der Waals surface area contributed by atoms with Crippen LogP contribution in [0.4, 0.5) is 0 Å². The molecule has 28 heavy (non-hydrogen) atoms. The maximum Gasteiger partial charge on any atom is 0.278 e. The number of aromatic amines is 1. The van der Waals surface area contributed by atoms with E-state index in [9.17, 15) is 19.2 Å². The maximum atomic E-state index is 12.6. The summed E-state index contributed by atoms with van der Waals surface area (Å²) in [4.78, 5) is 22.8. The number of imidazole rings is 1. The van der Waals surface area contributed by atoms with Crippen molar-refractivity contribution in [1.29, 1.82) is 0 Å². The van der Waals surface area contributed by atoms with Gasteiger partial charge in [0.2, 0.25) is 0 Å².